The Labute approximate surface area is 55.2 Å². The van der Waals surface area contributed by atoms with Crippen LogP contribution in [0.5, 0.6) is 0 Å². The number of nitrogens with one attached hydrogen (secondary N) is 1. The molecule has 0 aromatic carbocycles. The van der Waals surface area contributed by atoms with Crippen molar-refractivity contribution in [3.8, 4) is 0 Å². The Balaban J connectivity index is 2.34. The van der Waals surface area contributed by atoms with Gasteiger partial charge < -0.3 is 10.8 Å². The molecular weight excluding hydrogens is 116 g/mol. The zero-order valence-electron chi connectivity index (χ0n) is 5.67. The van der Waals surface area contributed by atoms with Crippen LogP contribution in [0.3, 0.4) is 0 Å². The highest BCUT2D eigenvalue weighted by molar-refractivity contribution is 4.73. The number of piperidine rings is 1. The third-order valence-electron chi connectivity index (χ3n) is 1.69. The van der Waals surface area contributed by atoms with E-state index in [-0.39, 0.29) is 12.4 Å². The minimum absolute atomic E-state index is 0.0104. The molecule has 1 aliphatic rings. The molecule has 0 amide bonds. The molecule has 1 fully saturated rings. The van der Waals surface area contributed by atoms with E-state index in [1.54, 1.807) is 0 Å². The first kappa shape index (κ1) is 6.99. The van der Waals surface area contributed by atoms with Crippen molar-refractivity contribution in [2.24, 2.45) is 11.7 Å². The standard InChI is InChI=1S/C6H14N2O/c1-4-2-5(7)8-6(9)3-4/h4-6,8-9H,2-3,7H2,1H3/t4-,5?,6+/m1/s1. The summed E-state index contributed by atoms with van der Waals surface area (Å²) in [5, 5.41) is 11.9. The van der Waals surface area contributed by atoms with Gasteiger partial charge in [-0.15, -0.1) is 0 Å². The van der Waals surface area contributed by atoms with Crippen molar-refractivity contribution < 1.29 is 5.11 Å². The number of nitrogens with two attached hydrogens (primary N) is 1. The molecule has 1 rings (SSSR count). The highest BCUT2D eigenvalue weighted by atomic mass is 16.3. The molecule has 0 aromatic rings. The van der Waals surface area contributed by atoms with Gasteiger partial charge in [0.1, 0.15) is 6.23 Å². The van der Waals surface area contributed by atoms with Crippen LogP contribution in [0, 0.1) is 5.92 Å². The molecule has 9 heavy (non-hydrogen) atoms. The number of aliphatic hydroxyl groups excluding tert-OH is 1. The highest BCUT2D eigenvalue weighted by Crippen LogP contribution is 2.15. The van der Waals surface area contributed by atoms with Crippen molar-refractivity contribution in [2.75, 3.05) is 0 Å². The van der Waals surface area contributed by atoms with Gasteiger partial charge in [0.15, 0.2) is 0 Å². The van der Waals surface area contributed by atoms with Crippen LogP contribution in [-0.4, -0.2) is 17.5 Å². The van der Waals surface area contributed by atoms with Crippen LogP contribution in [0.15, 0.2) is 0 Å². The molecule has 0 aliphatic carbocycles. The molecule has 54 valence electrons. The van der Waals surface area contributed by atoms with Gasteiger partial charge in [-0.2, -0.15) is 0 Å². The van der Waals surface area contributed by atoms with Gasteiger partial charge in [0.05, 0.1) is 6.17 Å². The summed E-state index contributed by atoms with van der Waals surface area (Å²) in [6.07, 6.45) is 1.40. The van der Waals surface area contributed by atoms with Crippen LogP contribution in [0.4, 0.5) is 0 Å². The van der Waals surface area contributed by atoms with Gasteiger partial charge in [-0.05, 0) is 18.8 Å². The normalized spacial score (nSPS) is 45.0. The Kier molecular flexibility index (Phi) is 2.05. The first-order valence-electron chi connectivity index (χ1n) is 3.38. The van der Waals surface area contributed by atoms with E-state index < -0.39 is 0 Å². The number of rotatable bonds is 0. The summed E-state index contributed by atoms with van der Waals surface area (Å²) in [7, 11) is 0. The van der Waals surface area contributed by atoms with Crippen LogP contribution >= 0.6 is 0 Å². The molecule has 3 nitrogen and oxygen atoms in total. The molecular formula is C6H14N2O. The van der Waals surface area contributed by atoms with Crippen molar-refractivity contribution in [1.29, 1.82) is 0 Å². The lowest BCUT2D eigenvalue weighted by Crippen LogP contribution is -2.49. The lowest BCUT2D eigenvalue weighted by Gasteiger charge is -2.29. The van der Waals surface area contributed by atoms with Crippen molar-refractivity contribution >= 4 is 0 Å². The Hall–Kier alpha value is -0.120. The zero-order chi connectivity index (χ0) is 6.85. The molecule has 1 unspecified atom stereocenters. The van der Waals surface area contributed by atoms with Gasteiger partial charge in [0.25, 0.3) is 0 Å². The maximum Gasteiger partial charge on any atom is 0.106 e. The smallest absolute Gasteiger partial charge is 0.106 e. The minimum Gasteiger partial charge on any atom is -0.379 e. The summed E-state index contributed by atoms with van der Waals surface area (Å²) in [5.41, 5.74) is 5.54. The Morgan fingerprint density at radius 3 is 2.67 bits per heavy atom. The van der Waals surface area contributed by atoms with Gasteiger partial charge in [-0.3, -0.25) is 5.32 Å². The summed E-state index contributed by atoms with van der Waals surface area (Å²) < 4.78 is 0. The van der Waals surface area contributed by atoms with Crippen molar-refractivity contribution in [1.82, 2.24) is 5.32 Å². The second-order valence-electron chi connectivity index (χ2n) is 2.87. The highest BCUT2D eigenvalue weighted by Gasteiger charge is 2.20. The first-order valence-corrected chi connectivity index (χ1v) is 3.38. The van der Waals surface area contributed by atoms with Gasteiger partial charge in [-0.1, -0.05) is 6.92 Å². The third kappa shape index (κ3) is 1.93. The van der Waals surface area contributed by atoms with Crippen molar-refractivity contribution in [3.05, 3.63) is 0 Å². The Morgan fingerprint density at radius 1 is 1.56 bits per heavy atom. The molecule has 0 spiro atoms. The van der Waals surface area contributed by atoms with E-state index >= 15 is 0 Å². The van der Waals surface area contributed by atoms with Gasteiger partial charge in [-0.25, -0.2) is 0 Å². The lowest BCUT2D eigenvalue weighted by atomic mass is 9.97. The second kappa shape index (κ2) is 2.64. The average molecular weight is 130 g/mol. The van der Waals surface area contributed by atoms with Crippen LogP contribution < -0.4 is 11.1 Å². The topological polar surface area (TPSA) is 58.3 Å². The zero-order valence-corrected chi connectivity index (χ0v) is 5.67. The summed E-state index contributed by atoms with van der Waals surface area (Å²) in [5.74, 6) is 0.552. The largest absolute Gasteiger partial charge is 0.379 e. The number of hydrogen-bond acceptors (Lipinski definition) is 3. The van der Waals surface area contributed by atoms with E-state index in [0.717, 1.165) is 12.8 Å². The molecule has 1 heterocycles. The predicted octanol–water partition coefficient (Wildman–Crippen LogP) is -0.391. The second-order valence-corrected chi connectivity index (χ2v) is 2.87. The van der Waals surface area contributed by atoms with Crippen molar-refractivity contribution in [2.45, 2.75) is 32.2 Å². The monoisotopic (exact) mass is 130 g/mol. The molecule has 0 aromatic heterocycles. The Morgan fingerprint density at radius 2 is 2.22 bits per heavy atom. The number of aliphatic hydroxyl groups is 1. The fourth-order valence-electron chi connectivity index (χ4n) is 1.29. The van der Waals surface area contributed by atoms with Gasteiger partial charge in [0, 0.05) is 0 Å². The fraction of sp³-hybridized carbons (Fsp3) is 1.00. The molecule has 0 bridgehead atoms. The van der Waals surface area contributed by atoms with E-state index in [4.69, 9.17) is 10.8 Å². The third-order valence-corrected chi connectivity index (χ3v) is 1.69. The fourth-order valence-corrected chi connectivity index (χ4v) is 1.29. The van der Waals surface area contributed by atoms with Crippen LogP contribution in [0.25, 0.3) is 0 Å². The van der Waals surface area contributed by atoms with Crippen LogP contribution in [0.1, 0.15) is 19.8 Å². The van der Waals surface area contributed by atoms with E-state index in [0.29, 0.717) is 5.92 Å². The van der Waals surface area contributed by atoms with E-state index in [1.807, 2.05) is 0 Å². The number of hydrogen-bond donors (Lipinski definition) is 3. The van der Waals surface area contributed by atoms with E-state index in [2.05, 4.69) is 12.2 Å². The maximum atomic E-state index is 9.06. The quantitative estimate of drug-likeness (QED) is 0.418. The average Bonchev–Trinajstić information content (AvgIpc) is 1.59. The SMILES string of the molecule is C[C@@H]1CC(N)N[C@@H](O)C1. The first-order chi connectivity index (χ1) is 4.18. The van der Waals surface area contributed by atoms with Gasteiger partial charge in [0.2, 0.25) is 0 Å². The van der Waals surface area contributed by atoms with E-state index in [9.17, 15) is 0 Å². The molecule has 1 saturated heterocycles. The lowest BCUT2D eigenvalue weighted by molar-refractivity contribution is 0.0635. The van der Waals surface area contributed by atoms with E-state index in [1.165, 1.54) is 0 Å². The Bertz CT molecular complexity index is 72.0. The maximum absolute atomic E-state index is 9.06. The molecule has 3 heteroatoms. The van der Waals surface area contributed by atoms with Gasteiger partial charge >= 0.3 is 0 Å². The predicted molar refractivity (Wildman–Crippen MR) is 35.5 cm³/mol. The van der Waals surface area contributed by atoms with Crippen LogP contribution in [0.2, 0.25) is 0 Å². The molecule has 0 saturated carbocycles. The molecule has 1 aliphatic heterocycles. The molecule has 4 N–H and O–H groups in total. The molecule has 0 radical (unpaired) electrons. The van der Waals surface area contributed by atoms with Crippen molar-refractivity contribution in [3.63, 3.8) is 0 Å². The summed E-state index contributed by atoms with van der Waals surface area (Å²) in [4.78, 5) is 0. The summed E-state index contributed by atoms with van der Waals surface area (Å²) in [6.45, 7) is 2.10. The summed E-state index contributed by atoms with van der Waals surface area (Å²) >= 11 is 0. The molecule has 3 atom stereocenters. The van der Waals surface area contributed by atoms with Crippen LogP contribution in [-0.2, 0) is 0 Å². The summed E-state index contributed by atoms with van der Waals surface area (Å²) in [6, 6.07) is 0. The minimum atomic E-state index is -0.385.